The molecule has 36 heavy (non-hydrogen) atoms. The van der Waals surface area contributed by atoms with E-state index in [-0.39, 0.29) is 23.2 Å². The Kier molecular flexibility index (Phi) is 6.25. The summed E-state index contributed by atoms with van der Waals surface area (Å²) in [5.74, 6) is 1.54. The Morgan fingerprint density at radius 1 is 1.06 bits per heavy atom. The fraction of sp³-hybridized carbons (Fsp3) is 0.393. The van der Waals surface area contributed by atoms with Gasteiger partial charge in [0.1, 0.15) is 6.54 Å². The summed E-state index contributed by atoms with van der Waals surface area (Å²) in [4.78, 5) is 39.1. The maximum atomic E-state index is 13.2. The molecule has 6 rings (SSSR count). The summed E-state index contributed by atoms with van der Waals surface area (Å²) in [5, 5.41) is 4.35. The van der Waals surface area contributed by atoms with Gasteiger partial charge in [-0.3, -0.25) is 14.2 Å². The highest BCUT2D eigenvalue weighted by Gasteiger charge is 2.55. The van der Waals surface area contributed by atoms with Gasteiger partial charge in [0, 0.05) is 21.7 Å². The summed E-state index contributed by atoms with van der Waals surface area (Å²) in [6, 6.07) is 17.2. The van der Waals surface area contributed by atoms with Crippen LogP contribution in [0.2, 0.25) is 0 Å². The molecule has 3 aliphatic rings. The fourth-order valence-electron chi connectivity index (χ4n) is 6.37. The summed E-state index contributed by atoms with van der Waals surface area (Å²) in [5.41, 5.74) is 2.29. The van der Waals surface area contributed by atoms with Crippen LogP contribution in [0.3, 0.4) is 0 Å². The molecule has 4 unspecified atom stereocenters. The molecule has 186 valence electrons. The van der Waals surface area contributed by atoms with Crippen molar-refractivity contribution in [3.8, 4) is 0 Å². The number of amides is 1. The molecule has 1 amide bonds. The quantitative estimate of drug-likeness (QED) is 0.442. The van der Waals surface area contributed by atoms with Crippen LogP contribution in [0.1, 0.15) is 52.9 Å². The van der Waals surface area contributed by atoms with E-state index in [1.165, 1.54) is 36.2 Å². The number of hydrogen-bond donors (Lipinski definition) is 1. The molecule has 2 bridgehead atoms. The van der Waals surface area contributed by atoms with E-state index in [0.717, 1.165) is 15.8 Å². The van der Waals surface area contributed by atoms with Crippen LogP contribution in [0.25, 0.3) is 0 Å². The van der Waals surface area contributed by atoms with E-state index in [2.05, 4.69) is 29.6 Å². The number of benzene rings is 2. The monoisotopic (exact) mass is 520 g/mol. The summed E-state index contributed by atoms with van der Waals surface area (Å²) in [7, 11) is 0. The lowest BCUT2D eigenvalue weighted by Crippen LogP contribution is -2.34. The number of nitrogens with zero attached hydrogens (tertiary/aromatic N) is 1. The van der Waals surface area contributed by atoms with Crippen molar-refractivity contribution in [2.75, 3.05) is 11.9 Å². The van der Waals surface area contributed by atoms with Crippen molar-refractivity contribution in [2.45, 2.75) is 48.9 Å². The molecule has 1 aromatic heterocycles. The van der Waals surface area contributed by atoms with Gasteiger partial charge in [-0.1, -0.05) is 41.7 Å². The minimum atomic E-state index is -0.393. The van der Waals surface area contributed by atoms with Crippen LogP contribution in [0.15, 0.2) is 64.4 Å². The van der Waals surface area contributed by atoms with E-state index in [1.54, 1.807) is 35.8 Å². The third kappa shape index (κ3) is 4.10. The van der Waals surface area contributed by atoms with Gasteiger partial charge in [0.25, 0.3) is 0 Å². The van der Waals surface area contributed by atoms with Crippen LogP contribution >= 0.6 is 23.1 Å². The second kappa shape index (κ2) is 9.56. The molecule has 0 spiro atoms. The van der Waals surface area contributed by atoms with Crippen LogP contribution in [-0.4, -0.2) is 28.3 Å². The highest BCUT2D eigenvalue weighted by atomic mass is 32.2. The second-order valence-corrected chi connectivity index (χ2v) is 12.0. The molecule has 0 saturated heterocycles. The maximum Gasteiger partial charge on any atom is 0.338 e. The Labute approximate surface area is 218 Å². The van der Waals surface area contributed by atoms with Gasteiger partial charge in [0.15, 0.2) is 0 Å². The summed E-state index contributed by atoms with van der Waals surface area (Å²) in [6.07, 6.45) is 3.84. The zero-order valence-electron chi connectivity index (χ0n) is 20.0. The van der Waals surface area contributed by atoms with Crippen LogP contribution < -0.4 is 10.2 Å². The maximum absolute atomic E-state index is 13.2. The summed E-state index contributed by atoms with van der Waals surface area (Å²) in [6.45, 7) is 2.04. The van der Waals surface area contributed by atoms with Crippen LogP contribution in [0, 0.1) is 17.8 Å². The number of fused-ring (bicyclic) bond motifs is 6. The van der Waals surface area contributed by atoms with Crippen molar-refractivity contribution < 1.29 is 14.3 Å². The van der Waals surface area contributed by atoms with E-state index in [4.69, 9.17) is 4.74 Å². The zero-order chi connectivity index (χ0) is 24.8. The number of aromatic nitrogens is 1. The SMILES string of the molecule is CCOC(=O)c1ccc(NC(=O)Cn2c3c(sc2=O)[C@@H](c2ccccc2)C2C4CCC(C4)C2S3)cc1. The summed E-state index contributed by atoms with van der Waals surface area (Å²) >= 11 is 3.15. The first-order valence-electron chi connectivity index (χ1n) is 12.6. The molecule has 2 heterocycles. The normalized spacial score (nSPS) is 25.8. The predicted molar refractivity (Wildman–Crippen MR) is 142 cm³/mol. The van der Waals surface area contributed by atoms with Gasteiger partial charge < -0.3 is 10.1 Å². The van der Waals surface area contributed by atoms with Gasteiger partial charge >= 0.3 is 10.8 Å². The first-order chi connectivity index (χ1) is 17.5. The highest BCUT2D eigenvalue weighted by molar-refractivity contribution is 8.00. The summed E-state index contributed by atoms with van der Waals surface area (Å²) < 4.78 is 6.68. The first-order valence-corrected chi connectivity index (χ1v) is 14.2. The molecule has 6 nitrogen and oxygen atoms in total. The smallest absolute Gasteiger partial charge is 0.338 e. The molecule has 5 atom stereocenters. The Morgan fingerprint density at radius 3 is 2.56 bits per heavy atom. The van der Waals surface area contributed by atoms with Crippen LogP contribution in [0.5, 0.6) is 0 Å². The van der Waals surface area contributed by atoms with Gasteiger partial charge in [0.05, 0.1) is 17.2 Å². The molecule has 2 fully saturated rings. The van der Waals surface area contributed by atoms with Crippen LogP contribution in [-0.2, 0) is 16.1 Å². The number of carbonyl (C=O) groups excluding carboxylic acids is 2. The molecule has 2 aliphatic carbocycles. The van der Waals surface area contributed by atoms with Gasteiger partial charge in [-0.25, -0.2) is 4.79 Å². The minimum Gasteiger partial charge on any atom is -0.462 e. The van der Waals surface area contributed by atoms with Crippen molar-refractivity contribution >= 4 is 40.7 Å². The van der Waals surface area contributed by atoms with E-state index in [0.29, 0.717) is 34.9 Å². The third-order valence-corrected chi connectivity index (χ3v) is 10.7. The fourth-order valence-corrected chi connectivity index (χ4v) is 9.52. The van der Waals surface area contributed by atoms with E-state index < -0.39 is 5.97 Å². The number of nitrogens with one attached hydrogen (secondary N) is 1. The molecule has 8 heteroatoms. The van der Waals surface area contributed by atoms with Crippen molar-refractivity contribution in [3.05, 3.63) is 80.3 Å². The number of anilines is 1. The average molecular weight is 521 g/mol. The van der Waals surface area contributed by atoms with Crippen molar-refractivity contribution in [2.24, 2.45) is 17.8 Å². The third-order valence-electron chi connectivity index (χ3n) is 7.83. The Morgan fingerprint density at radius 2 is 1.81 bits per heavy atom. The molecule has 2 aromatic carbocycles. The van der Waals surface area contributed by atoms with Gasteiger partial charge in [0.2, 0.25) is 5.91 Å². The van der Waals surface area contributed by atoms with Crippen molar-refractivity contribution in [1.29, 1.82) is 0 Å². The number of hydrogen-bond acceptors (Lipinski definition) is 6. The van der Waals surface area contributed by atoms with Crippen LogP contribution in [0.4, 0.5) is 5.69 Å². The lowest BCUT2D eigenvalue weighted by Gasteiger charge is -2.40. The molecule has 1 N–H and O–H groups in total. The standard InChI is InChI=1S/C28H28N2O4S2/c1-2-34-27(32)17-10-12-20(13-11-17)29-21(31)15-30-26-25(36-28(30)33)22(16-6-4-3-5-7-16)23-18-8-9-19(14-18)24(23)35-26/h3-7,10-13,18-19,22-24H,2,8-9,14-15H2,1H3,(H,29,31)/t18?,19?,22-,23?,24?/m0/s1. The predicted octanol–water partition coefficient (Wildman–Crippen LogP) is 5.38. The van der Waals surface area contributed by atoms with E-state index in [9.17, 15) is 14.4 Å². The first kappa shape index (κ1) is 23.6. The number of thiazole rings is 1. The number of esters is 1. The molecular formula is C28H28N2O4S2. The largest absolute Gasteiger partial charge is 0.462 e. The number of rotatable bonds is 6. The molecule has 0 radical (unpaired) electrons. The second-order valence-electron chi connectivity index (χ2n) is 9.85. The lowest BCUT2D eigenvalue weighted by atomic mass is 9.75. The Balaban J connectivity index is 1.26. The number of thioether (sulfide) groups is 1. The van der Waals surface area contributed by atoms with Gasteiger partial charge in [-0.05, 0) is 73.8 Å². The minimum absolute atomic E-state index is 0.0235. The highest BCUT2D eigenvalue weighted by Crippen LogP contribution is 2.63. The molecular weight excluding hydrogens is 492 g/mol. The Bertz CT molecular complexity index is 1350. The van der Waals surface area contributed by atoms with Gasteiger partial charge in [-0.15, -0.1) is 11.8 Å². The Hall–Kier alpha value is -2.84. The lowest BCUT2D eigenvalue weighted by molar-refractivity contribution is -0.116. The zero-order valence-corrected chi connectivity index (χ0v) is 21.6. The molecule has 1 aliphatic heterocycles. The average Bonchev–Trinajstić information content (AvgIpc) is 3.58. The van der Waals surface area contributed by atoms with Crippen molar-refractivity contribution in [1.82, 2.24) is 4.57 Å². The van der Waals surface area contributed by atoms with Gasteiger partial charge in [-0.2, -0.15) is 0 Å². The number of ether oxygens (including phenoxy) is 1. The molecule has 3 aromatic rings. The number of carbonyl (C=O) groups is 2. The molecule has 2 saturated carbocycles. The topological polar surface area (TPSA) is 77.4 Å². The van der Waals surface area contributed by atoms with E-state index >= 15 is 0 Å². The van der Waals surface area contributed by atoms with Crippen molar-refractivity contribution in [3.63, 3.8) is 0 Å². The van der Waals surface area contributed by atoms with E-state index in [1.807, 2.05) is 17.8 Å².